The van der Waals surface area contributed by atoms with Crippen LogP contribution in [-0.4, -0.2) is 16.1 Å². The SMILES string of the molecule is Nc1cnc(C23CC4CC(CC(C4)C2)C3)cc1C(=O)O. The first-order chi connectivity index (χ1) is 9.56. The van der Waals surface area contributed by atoms with Gasteiger partial charge in [-0.15, -0.1) is 0 Å². The smallest absolute Gasteiger partial charge is 0.337 e. The Morgan fingerprint density at radius 3 is 2.25 bits per heavy atom. The number of hydrogen-bond donors (Lipinski definition) is 2. The Morgan fingerprint density at radius 2 is 1.75 bits per heavy atom. The van der Waals surface area contributed by atoms with E-state index in [0.717, 1.165) is 23.4 Å². The van der Waals surface area contributed by atoms with Crippen molar-refractivity contribution < 1.29 is 9.90 Å². The molecular formula is C16H20N2O2. The quantitative estimate of drug-likeness (QED) is 0.868. The van der Waals surface area contributed by atoms with Gasteiger partial charge in [0.25, 0.3) is 0 Å². The third-order valence-electron chi connectivity index (χ3n) is 5.75. The Bertz CT molecular complexity index is 547. The Morgan fingerprint density at radius 1 is 1.20 bits per heavy atom. The van der Waals surface area contributed by atoms with Crippen LogP contribution in [0.5, 0.6) is 0 Å². The summed E-state index contributed by atoms with van der Waals surface area (Å²) in [6.07, 6.45) is 9.23. The highest BCUT2D eigenvalue weighted by atomic mass is 16.4. The van der Waals surface area contributed by atoms with E-state index >= 15 is 0 Å². The summed E-state index contributed by atoms with van der Waals surface area (Å²) in [5.74, 6) is 1.53. The van der Waals surface area contributed by atoms with Gasteiger partial charge in [-0.05, 0) is 62.3 Å². The van der Waals surface area contributed by atoms with Crippen LogP contribution in [0.4, 0.5) is 5.69 Å². The largest absolute Gasteiger partial charge is 0.478 e. The molecule has 0 aromatic carbocycles. The molecule has 4 heteroatoms. The third-order valence-corrected chi connectivity index (χ3v) is 5.75. The molecule has 4 fully saturated rings. The van der Waals surface area contributed by atoms with Crippen molar-refractivity contribution in [1.82, 2.24) is 4.98 Å². The summed E-state index contributed by atoms with van der Waals surface area (Å²) in [6, 6.07) is 1.74. The van der Waals surface area contributed by atoms with Gasteiger partial charge >= 0.3 is 5.97 Å². The highest BCUT2D eigenvalue weighted by molar-refractivity contribution is 5.93. The van der Waals surface area contributed by atoms with Crippen molar-refractivity contribution in [3.8, 4) is 0 Å². The molecule has 20 heavy (non-hydrogen) atoms. The van der Waals surface area contributed by atoms with Gasteiger partial charge in [-0.1, -0.05) is 0 Å². The first-order valence-electron chi connectivity index (χ1n) is 7.55. The lowest BCUT2D eigenvalue weighted by Gasteiger charge is -2.56. The number of hydrogen-bond acceptors (Lipinski definition) is 3. The number of carboxylic acids is 1. The summed E-state index contributed by atoms with van der Waals surface area (Å²) in [7, 11) is 0. The number of nitrogens with zero attached hydrogens (tertiary/aromatic N) is 1. The van der Waals surface area contributed by atoms with Crippen molar-refractivity contribution in [2.75, 3.05) is 5.73 Å². The minimum Gasteiger partial charge on any atom is -0.478 e. The molecule has 1 aromatic heterocycles. The van der Waals surface area contributed by atoms with Gasteiger partial charge in [-0.3, -0.25) is 4.98 Å². The molecule has 4 saturated carbocycles. The maximum atomic E-state index is 11.3. The molecule has 0 amide bonds. The van der Waals surface area contributed by atoms with Gasteiger partial charge in [-0.25, -0.2) is 4.79 Å². The fraction of sp³-hybridized carbons (Fsp3) is 0.625. The second kappa shape index (κ2) is 3.96. The summed E-state index contributed by atoms with van der Waals surface area (Å²) in [4.78, 5) is 15.8. The van der Waals surface area contributed by atoms with Gasteiger partial charge in [-0.2, -0.15) is 0 Å². The molecule has 3 N–H and O–H groups in total. The number of pyridine rings is 1. The van der Waals surface area contributed by atoms with Crippen LogP contribution >= 0.6 is 0 Å². The monoisotopic (exact) mass is 272 g/mol. The van der Waals surface area contributed by atoms with Crippen LogP contribution < -0.4 is 5.73 Å². The molecule has 0 saturated heterocycles. The fourth-order valence-corrected chi connectivity index (χ4v) is 5.37. The number of rotatable bonds is 2. The molecule has 0 aliphatic heterocycles. The molecule has 1 heterocycles. The predicted octanol–water partition coefficient (Wildman–Crippen LogP) is 2.83. The zero-order valence-corrected chi connectivity index (χ0v) is 11.5. The van der Waals surface area contributed by atoms with Crippen LogP contribution in [0.2, 0.25) is 0 Å². The Hall–Kier alpha value is -1.58. The number of aromatic carboxylic acids is 1. The van der Waals surface area contributed by atoms with E-state index in [1.54, 1.807) is 6.07 Å². The topological polar surface area (TPSA) is 76.2 Å². The van der Waals surface area contributed by atoms with E-state index in [1.165, 1.54) is 44.7 Å². The molecule has 0 spiro atoms. The fourth-order valence-electron chi connectivity index (χ4n) is 5.37. The van der Waals surface area contributed by atoms with E-state index in [1.807, 2.05) is 0 Å². The molecule has 0 atom stereocenters. The van der Waals surface area contributed by atoms with Crippen LogP contribution in [0.3, 0.4) is 0 Å². The van der Waals surface area contributed by atoms with E-state index in [0.29, 0.717) is 0 Å². The molecule has 0 radical (unpaired) electrons. The molecule has 5 rings (SSSR count). The number of nitrogens with two attached hydrogens (primary N) is 1. The van der Waals surface area contributed by atoms with E-state index < -0.39 is 5.97 Å². The van der Waals surface area contributed by atoms with Crippen molar-refractivity contribution in [1.29, 1.82) is 0 Å². The van der Waals surface area contributed by atoms with Crippen molar-refractivity contribution in [3.63, 3.8) is 0 Å². The molecule has 4 bridgehead atoms. The molecule has 4 aliphatic rings. The van der Waals surface area contributed by atoms with Crippen molar-refractivity contribution >= 4 is 11.7 Å². The van der Waals surface area contributed by atoms with Crippen molar-refractivity contribution in [2.24, 2.45) is 17.8 Å². The second-order valence-electron chi connectivity index (χ2n) is 7.16. The molecule has 106 valence electrons. The first-order valence-corrected chi connectivity index (χ1v) is 7.55. The van der Waals surface area contributed by atoms with E-state index in [4.69, 9.17) is 5.73 Å². The zero-order valence-electron chi connectivity index (χ0n) is 11.5. The maximum Gasteiger partial charge on any atom is 0.337 e. The summed E-state index contributed by atoms with van der Waals surface area (Å²) < 4.78 is 0. The summed E-state index contributed by atoms with van der Waals surface area (Å²) in [6.45, 7) is 0. The highest BCUT2D eigenvalue weighted by Crippen LogP contribution is 2.60. The normalized spacial score (nSPS) is 38.1. The molecule has 4 nitrogen and oxygen atoms in total. The van der Waals surface area contributed by atoms with Crippen LogP contribution in [0.25, 0.3) is 0 Å². The Kier molecular flexibility index (Phi) is 2.41. The van der Waals surface area contributed by atoms with Gasteiger partial charge < -0.3 is 10.8 Å². The zero-order chi connectivity index (χ0) is 13.9. The molecule has 4 aliphatic carbocycles. The third kappa shape index (κ3) is 1.67. The van der Waals surface area contributed by atoms with Crippen LogP contribution in [0.1, 0.15) is 54.6 Å². The number of anilines is 1. The number of carbonyl (C=O) groups is 1. The Balaban J connectivity index is 1.77. The summed E-state index contributed by atoms with van der Waals surface area (Å²) in [5.41, 5.74) is 7.33. The van der Waals surface area contributed by atoms with Crippen LogP contribution in [0.15, 0.2) is 12.3 Å². The number of aromatic nitrogens is 1. The maximum absolute atomic E-state index is 11.3. The average Bonchev–Trinajstić information content (AvgIpc) is 2.37. The second-order valence-corrected chi connectivity index (χ2v) is 7.16. The van der Waals surface area contributed by atoms with Crippen molar-refractivity contribution in [2.45, 2.75) is 43.9 Å². The first kappa shape index (κ1) is 12.2. The lowest BCUT2D eigenvalue weighted by Crippen LogP contribution is -2.49. The summed E-state index contributed by atoms with van der Waals surface area (Å²) in [5, 5.41) is 9.26. The van der Waals surface area contributed by atoms with Gasteiger partial charge in [0.1, 0.15) is 0 Å². The minimum absolute atomic E-state index is 0.132. The van der Waals surface area contributed by atoms with Crippen LogP contribution in [0, 0.1) is 17.8 Å². The summed E-state index contributed by atoms with van der Waals surface area (Å²) >= 11 is 0. The lowest BCUT2D eigenvalue weighted by atomic mass is 9.48. The lowest BCUT2D eigenvalue weighted by molar-refractivity contribution is -0.00721. The minimum atomic E-state index is -0.948. The van der Waals surface area contributed by atoms with Gasteiger partial charge in [0, 0.05) is 11.1 Å². The molecule has 0 unspecified atom stereocenters. The number of nitrogen functional groups attached to an aromatic ring is 1. The van der Waals surface area contributed by atoms with E-state index in [9.17, 15) is 9.90 Å². The van der Waals surface area contributed by atoms with E-state index in [-0.39, 0.29) is 16.7 Å². The van der Waals surface area contributed by atoms with Crippen molar-refractivity contribution in [3.05, 3.63) is 23.5 Å². The highest BCUT2D eigenvalue weighted by Gasteiger charge is 2.52. The molecule has 1 aromatic rings. The van der Waals surface area contributed by atoms with Gasteiger partial charge in [0.2, 0.25) is 0 Å². The van der Waals surface area contributed by atoms with E-state index in [2.05, 4.69) is 4.98 Å². The molecular weight excluding hydrogens is 252 g/mol. The van der Waals surface area contributed by atoms with Crippen LogP contribution in [-0.2, 0) is 5.41 Å². The van der Waals surface area contributed by atoms with Gasteiger partial charge in [0.15, 0.2) is 0 Å². The van der Waals surface area contributed by atoms with Gasteiger partial charge in [0.05, 0.1) is 17.4 Å². The predicted molar refractivity (Wildman–Crippen MR) is 75.5 cm³/mol. The number of carboxylic acid groups (broad SMARTS) is 1. The standard InChI is InChI=1S/C16H20N2O2/c17-13-8-18-14(4-12(13)15(19)20)16-5-9-1-10(6-16)3-11(2-9)7-16/h4,8-11H,1-3,5-7,17H2,(H,19,20). The average molecular weight is 272 g/mol. The Labute approximate surface area is 118 Å².